The van der Waals surface area contributed by atoms with Gasteiger partial charge in [0.05, 0.1) is 10.9 Å². The summed E-state index contributed by atoms with van der Waals surface area (Å²) in [5.41, 5.74) is 2.67. The third-order valence-corrected chi connectivity index (χ3v) is 6.70. The third kappa shape index (κ3) is 5.26. The fraction of sp³-hybridized carbons (Fsp3) is 0.208. The first-order valence-electron chi connectivity index (χ1n) is 10.3. The van der Waals surface area contributed by atoms with Crippen LogP contribution in [0.15, 0.2) is 77.7 Å². The molecule has 0 saturated carbocycles. The highest BCUT2D eigenvalue weighted by Crippen LogP contribution is 2.29. The maximum absolute atomic E-state index is 13.0. The number of hydrogen-bond acceptors (Lipinski definition) is 4. The van der Waals surface area contributed by atoms with Crippen molar-refractivity contribution in [2.45, 2.75) is 30.2 Å². The molecule has 0 saturated heterocycles. The molecule has 0 radical (unpaired) electrons. The van der Waals surface area contributed by atoms with Crippen LogP contribution >= 0.6 is 0 Å². The zero-order valence-electron chi connectivity index (χ0n) is 17.3. The SMILES string of the molecule is O=C(COc1ccc(S(=O)(=O)Nc2ccc(F)cc2)cc1)N[C@H]1CCCc2ccccc21. The molecule has 1 amide bonds. The molecule has 0 bridgehead atoms. The minimum Gasteiger partial charge on any atom is -0.484 e. The summed E-state index contributed by atoms with van der Waals surface area (Å²) in [5.74, 6) is -0.308. The molecule has 0 heterocycles. The number of amides is 1. The minimum absolute atomic E-state index is 0.0254. The molecule has 32 heavy (non-hydrogen) atoms. The molecule has 1 atom stereocenters. The maximum Gasteiger partial charge on any atom is 0.261 e. The topological polar surface area (TPSA) is 84.5 Å². The summed E-state index contributed by atoms with van der Waals surface area (Å²) in [5, 5.41) is 3.02. The van der Waals surface area contributed by atoms with E-state index < -0.39 is 15.8 Å². The summed E-state index contributed by atoms with van der Waals surface area (Å²) in [6.07, 6.45) is 2.92. The van der Waals surface area contributed by atoms with Gasteiger partial charge in [-0.25, -0.2) is 12.8 Å². The first-order chi connectivity index (χ1) is 15.4. The molecule has 8 heteroatoms. The number of carbonyl (C=O) groups excluding carboxylic acids is 1. The molecule has 0 unspecified atom stereocenters. The van der Waals surface area contributed by atoms with Gasteiger partial charge < -0.3 is 10.1 Å². The Hall–Kier alpha value is -3.39. The number of hydrogen-bond donors (Lipinski definition) is 2. The highest BCUT2D eigenvalue weighted by molar-refractivity contribution is 7.92. The molecule has 1 aliphatic carbocycles. The van der Waals surface area contributed by atoms with Gasteiger partial charge in [0.25, 0.3) is 15.9 Å². The molecule has 4 rings (SSSR count). The zero-order valence-corrected chi connectivity index (χ0v) is 18.1. The van der Waals surface area contributed by atoms with E-state index in [1.165, 1.54) is 54.1 Å². The molecule has 6 nitrogen and oxygen atoms in total. The van der Waals surface area contributed by atoms with Gasteiger partial charge in [0, 0.05) is 5.69 Å². The van der Waals surface area contributed by atoms with Crippen LogP contribution in [0.2, 0.25) is 0 Å². The van der Waals surface area contributed by atoms with Crippen LogP contribution < -0.4 is 14.8 Å². The maximum atomic E-state index is 13.0. The Kier molecular flexibility index (Phi) is 6.41. The highest BCUT2D eigenvalue weighted by atomic mass is 32.2. The third-order valence-electron chi connectivity index (χ3n) is 5.31. The molecule has 0 spiro atoms. The van der Waals surface area contributed by atoms with Crippen molar-refractivity contribution in [3.63, 3.8) is 0 Å². The molecule has 1 aliphatic rings. The van der Waals surface area contributed by atoms with Crippen molar-refractivity contribution in [3.8, 4) is 5.75 Å². The monoisotopic (exact) mass is 454 g/mol. The second kappa shape index (κ2) is 9.40. The van der Waals surface area contributed by atoms with Gasteiger partial charge in [-0.2, -0.15) is 0 Å². The Morgan fingerprint density at radius 1 is 1.00 bits per heavy atom. The lowest BCUT2D eigenvalue weighted by atomic mass is 9.88. The summed E-state index contributed by atoms with van der Waals surface area (Å²) in [7, 11) is -3.83. The average Bonchev–Trinajstić information content (AvgIpc) is 2.80. The number of benzene rings is 3. The molecule has 3 aromatic carbocycles. The standard InChI is InChI=1S/C24H23FN2O4S/c25-18-8-10-19(11-9-18)27-32(29,30)21-14-12-20(13-15-21)31-16-24(28)26-23-7-3-5-17-4-1-2-6-22(17)23/h1-2,4,6,8-15,23,27H,3,5,7,16H2,(H,26,28)/t23-/m0/s1. The molecule has 166 valence electrons. The highest BCUT2D eigenvalue weighted by Gasteiger charge is 2.21. The smallest absolute Gasteiger partial charge is 0.261 e. The predicted octanol–water partition coefficient (Wildman–Crippen LogP) is 4.20. The number of halogens is 1. The van der Waals surface area contributed by atoms with Crippen LogP contribution in [0.4, 0.5) is 10.1 Å². The lowest BCUT2D eigenvalue weighted by Gasteiger charge is -2.26. The Labute approximate surface area is 186 Å². The van der Waals surface area contributed by atoms with Gasteiger partial charge in [-0.1, -0.05) is 24.3 Å². The van der Waals surface area contributed by atoms with Gasteiger partial charge >= 0.3 is 0 Å². The summed E-state index contributed by atoms with van der Waals surface area (Å²) in [6, 6.07) is 18.9. The fourth-order valence-corrected chi connectivity index (χ4v) is 4.79. The molecule has 0 fully saturated rings. The fourth-order valence-electron chi connectivity index (χ4n) is 3.74. The van der Waals surface area contributed by atoms with E-state index in [4.69, 9.17) is 4.74 Å². The van der Waals surface area contributed by atoms with E-state index in [0.717, 1.165) is 24.8 Å². The van der Waals surface area contributed by atoms with E-state index in [1.807, 2.05) is 18.2 Å². The van der Waals surface area contributed by atoms with E-state index in [2.05, 4.69) is 16.1 Å². The molecule has 0 aliphatic heterocycles. The van der Waals surface area contributed by atoms with Crippen LogP contribution in [0.5, 0.6) is 5.75 Å². The zero-order chi connectivity index (χ0) is 22.6. The van der Waals surface area contributed by atoms with Crippen molar-refractivity contribution < 1.29 is 22.3 Å². The van der Waals surface area contributed by atoms with Crippen LogP contribution in [0.3, 0.4) is 0 Å². The van der Waals surface area contributed by atoms with Gasteiger partial charge in [-0.05, 0) is 78.9 Å². The lowest BCUT2D eigenvalue weighted by Crippen LogP contribution is -2.34. The van der Waals surface area contributed by atoms with Crippen molar-refractivity contribution in [1.82, 2.24) is 5.32 Å². The van der Waals surface area contributed by atoms with Gasteiger partial charge in [0.2, 0.25) is 0 Å². The second-order valence-electron chi connectivity index (χ2n) is 7.58. The van der Waals surface area contributed by atoms with E-state index in [1.54, 1.807) is 0 Å². The predicted molar refractivity (Wildman–Crippen MR) is 119 cm³/mol. The van der Waals surface area contributed by atoms with Crippen LogP contribution in [-0.2, 0) is 21.2 Å². The van der Waals surface area contributed by atoms with Crippen LogP contribution in [0, 0.1) is 5.82 Å². The van der Waals surface area contributed by atoms with E-state index in [-0.39, 0.29) is 29.1 Å². The second-order valence-corrected chi connectivity index (χ2v) is 9.27. The molecule has 0 aromatic heterocycles. The number of ether oxygens (including phenoxy) is 1. The van der Waals surface area contributed by atoms with E-state index >= 15 is 0 Å². The van der Waals surface area contributed by atoms with Crippen molar-refractivity contribution in [3.05, 3.63) is 89.7 Å². The van der Waals surface area contributed by atoms with Gasteiger partial charge in [-0.15, -0.1) is 0 Å². The summed E-state index contributed by atoms with van der Waals surface area (Å²) < 4.78 is 45.9. The number of aryl methyl sites for hydroxylation is 1. The Bertz CT molecular complexity index is 1200. The Morgan fingerprint density at radius 2 is 1.72 bits per heavy atom. The first kappa shape index (κ1) is 21.8. The summed E-state index contributed by atoms with van der Waals surface area (Å²) >= 11 is 0. The number of anilines is 1. The number of fused-ring (bicyclic) bond motifs is 1. The van der Waals surface area contributed by atoms with E-state index in [9.17, 15) is 17.6 Å². The normalized spacial score (nSPS) is 15.5. The average molecular weight is 455 g/mol. The van der Waals surface area contributed by atoms with Crippen LogP contribution in [0.25, 0.3) is 0 Å². The van der Waals surface area contributed by atoms with Crippen molar-refractivity contribution >= 4 is 21.6 Å². The van der Waals surface area contributed by atoms with E-state index in [0.29, 0.717) is 5.75 Å². The molecule has 3 aromatic rings. The Balaban J connectivity index is 1.33. The van der Waals surface area contributed by atoms with Crippen molar-refractivity contribution in [1.29, 1.82) is 0 Å². The minimum atomic E-state index is -3.83. The number of sulfonamides is 1. The quantitative estimate of drug-likeness (QED) is 0.560. The summed E-state index contributed by atoms with van der Waals surface area (Å²) in [6.45, 7) is -0.168. The number of carbonyl (C=O) groups is 1. The molecular weight excluding hydrogens is 431 g/mol. The molecular formula is C24H23FN2O4S. The van der Waals surface area contributed by atoms with Crippen molar-refractivity contribution in [2.24, 2.45) is 0 Å². The first-order valence-corrected chi connectivity index (χ1v) is 11.8. The van der Waals surface area contributed by atoms with Crippen LogP contribution in [-0.4, -0.2) is 20.9 Å². The number of rotatable bonds is 7. The van der Waals surface area contributed by atoms with Crippen LogP contribution in [0.1, 0.15) is 30.0 Å². The van der Waals surface area contributed by atoms with Gasteiger partial charge in [0.1, 0.15) is 11.6 Å². The van der Waals surface area contributed by atoms with Gasteiger partial charge in [0.15, 0.2) is 6.61 Å². The lowest BCUT2D eigenvalue weighted by molar-refractivity contribution is -0.124. The van der Waals surface area contributed by atoms with Crippen molar-refractivity contribution in [2.75, 3.05) is 11.3 Å². The summed E-state index contributed by atoms with van der Waals surface area (Å²) in [4.78, 5) is 12.4. The number of nitrogens with one attached hydrogen (secondary N) is 2. The Morgan fingerprint density at radius 3 is 2.47 bits per heavy atom. The molecule has 2 N–H and O–H groups in total. The van der Waals surface area contributed by atoms with Gasteiger partial charge in [-0.3, -0.25) is 9.52 Å². The largest absolute Gasteiger partial charge is 0.484 e.